The van der Waals surface area contributed by atoms with E-state index in [-0.39, 0.29) is 36.1 Å². The molecule has 1 saturated heterocycles. The van der Waals surface area contributed by atoms with Crippen molar-refractivity contribution < 1.29 is 14.4 Å². The van der Waals surface area contributed by atoms with E-state index in [0.29, 0.717) is 42.7 Å². The summed E-state index contributed by atoms with van der Waals surface area (Å²) in [4.78, 5) is 48.9. The summed E-state index contributed by atoms with van der Waals surface area (Å²) in [6, 6.07) is 12.9. The fraction of sp³-hybridized carbons (Fsp3) is 0.611. The van der Waals surface area contributed by atoms with Crippen LogP contribution in [0.3, 0.4) is 0 Å². The zero-order valence-electron chi connectivity index (χ0n) is 41.6. The van der Waals surface area contributed by atoms with Crippen molar-refractivity contribution >= 4 is 41.5 Å². The number of rotatable bonds is 8. The summed E-state index contributed by atoms with van der Waals surface area (Å²) in [6.45, 7) is 17.9. The lowest BCUT2D eigenvalue weighted by atomic mass is 9.79. The van der Waals surface area contributed by atoms with E-state index in [0.717, 1.165) is 132 Å². The molecule has 0 spiro atoms. The highest BCUT2D eigenvalue weighted by atomic mass is 35.5. The van der Waals surface area contributed by atoms with Gasteiger partial charge < -0.3 is 20.4 Å². The summed E-state index contributed by atoms with van der Waals surface area (Å²) < 4.78 is 3.90. The molecule has 13 heteroatoms. The van der Waals surface area contributed by atoms with Gasteiger partial charge in [0.25, 0.3) is 0 Å². The van der Waals surface area contributed by atoms with E-state index in [2.05, 4.69) is 91.0 Å². The van der Waals surface area contributed by atoms with Gasteiger partial charge in [0.15, 0.2) is 0 Å². The fourth-order valence-electron chi connectivity index (χ4n) is 11.2. The molecule has 2 aromatic heterocycles. The summed E-state index contributed by atoms with van der Waals surface area (Å²) in [7, 11) is 3.98. The van der Waals surface area contributed by atoms with E-state index in [9.17, 15) is 14.4 Å². The third-order valence-corrected chi connectivity index (χ3v) is 15.6. The molecule has 5 heterocycles. The number of carbonyl (C=O) groups is 3. The van der Waals surface area contributed by atoms with Crippen molar-refractivity contribution in [3.8, 4) is 0 Å². The first kappa shape index (κ1) is 50.4. The summed E-state index contributed by atoms with van der Waals surface area (Å²) >= 11 is 0. The number of hydrogen-bond donors (Lipinski definition) is 1. The number of carbonyl (C=O) groups excluding carboxylic acids is 3. The zero-order valence-corrected chi connectivity index (χ0v) is 42.4. The van der Waals surface area contributed by atoms with Crippen LogP contribution in [-0.4, -0.2) is 86.4 Å². The first-order valence-electron chi connectivity index (χ1n) is 25.2. The Kier molecular flexibility index (Phi) is 16.4. The van der Waals surface area contributed by atoms with Crippen LogP contribution in [0.1, 0.15) is 136 Å². The molecular formula is C54H78ClN9O3. The average Bonchev–Trinajstić information content (AvgIpc) is 3.71. The molecule has 0 unspecified atom stereocenters. The van der Waals surface area contributed by atoms with Crippen molar-refractivity contribution in [2.45, 2.75) is 131 Å². The monoisotopic (exact) mass is 936 g/mol. The van der Waals surface area contributed by atoms with Gasteiger partial charge in [-0.2, -0.15) is 10.2 Å². The van der Waals surface area contributed by atoms with Crippen LogP contribution in [0.15, 0.2) is 48.8 Å². The molecule has 3 amide bonds. The standard InChI is InChI=1S/C33H49N5O2.C21H28N4O.ClH/c1-24-6-12-29-27(20-24)21-30-28(22-34-35(30)5)23-38(29)32(40)26-10-7-25(8-11-26)9-13-31(39)37-18-16-36(17-19-37)15-14-33(2,3)4;1-14-3-8-19-17(9-14)10-20-18(12-23-24(20)2)13-25(19)21(26)16-6-4-15(11-22)5-7-16;/h6,12,20,22,25-26H,7-11,13-19,21,23H2,1-5H3;3,8-9,12,15-16H,4-7,10-11,13,22H2,1-2H3;1H. The molecule has 2 aliphatic carbocycles. The van der Waals surface area contributed by atoms with E-state index in [1.54, 1.807) is 0 Å². The molecular weight excluding hydrogens is 858 g/mol. The van der Waals surface area contributed by atoms with Gasteiger partial charge in [-0.3, -0.25) is 28.6 Å². The SMILES string of the molecule is Cc1ccc2c(c1)Cc1c(cnn1C)CN2C(=O)C1CCC(CCC(=O)N2CCN(CCC(C)(C)C)CC2)CC1.Cc1ccc2c(c1)Cc1c(cnn1C)CN2C(=O)C1CCC(CN)CC1.Cl. The molecule has 0 atom stereocenters. The number of halogens is 1. The topological polar surface area (TPSA) is 126 Å². The van der Waals surface area contributed by atoms with Crippen molar-refractivity contribution in [2.24, 2.45) is 48.9 Å². The average molecular weight is 937 g/mol. The molecule has 5 aliphatic rings. The largest absolute Gasteiger partial charge is 0.340 e. The molecule has 2 saturated carbocycles. The molecule has 0 bridgehead atoms. The molecule has 2 N–H and O–H groups in total. The highest BCUT2D eigenvalue weighted by Gasteiger charge is 2.35. The molecule has 9 rings (SSSR count). The van der Waals surface area contributed by atoms with E-state index < -0.39 is 0 Å². The van der Waals surface area contributed by atoms with Gasteiger partial charge in [-0.25, -0.2) is 0 Å². The molecule has 364 valence electrons. The number of nitrogens with zero attached hydrogens (tertiary/aromatic N) is 8. The number of aromatic nitrogens is 4. The van der Waals surface area contributed by atoms with Crippen LogP contribution in [0.2, 0.25) is 0 Å². The van der Waals surface area contributed by atoms with Crippen LogP contribution >= 0.6 is 12.4 Å². The van der Waals surface area contributed by atoms with Gasteiger partial charge in [-0.15, -0.1) is 12.4 Å². The van der Waals surface area contributed by atoms with Crippen molar-refractivity contribution in [3.63, 3.8) is 0 Å². The Balaban J connectivity index is 0.000000213. The van der Waals surface area contributed by atoms with Crippen LogP contribution in [0.5, 0.6) is 0 Å². The molecule has 67 heavy (non-hydrogen) atoms. The highest BCUT2D eigenvalue weighted by molar-refractivity contribution is 5.97. The van der Waals surface area contributed by atoms with E-state index in [1.807, 2.05) is 45.7 Å². The predicted molar refractivity (Wildman–Crippen MR) is 270 cm³/mol. The lowest BCUT2D eigenvalue weighted by molar-refractivity contribution is -0.133. The number of piperazine rings is 1. The highest BCUT2D eigenvalue weighted by Crippen LogP contribution is 2.39. The number of fused-ring (bicyclic) bond motifs is 4. The summed E-state index contributed by atoms with van der Waals surface area (Å²) in [6.07, 6.45) is 16.2. The van der Waals surface area contributed by atoms with Gasteiger partial charge in [-0.05, 0) is 132 Å². The minimum atomic E-state index is 0. The number of hydrogen-bond acceptors (Lipinski definition) is 7. The second-order valence-electron chi connectivity index (χ2n) is 21.7. The Hall–Kier alpha value is -4.52. The van der Waals surface area contributed by atoms with Crippen molar-refractivity contribution in [3.05, 3.63) is 93.6 Å². The van der Waals surface area contributed by atoms with E-state index in [1.165, 1.54) is 40.1 Å². The molecule has 3 aliphatic heterocycles. The van der Waals surface area contributed by atoms with Gasteiger partial charge in [0.1, 0.15) is 0 Å². The summed E-state index contributed by atoms with van der Waals surface area (Å²) in [5, 5.41) is 8.91. The lowest BCUT2D eigenvalue weighted by Crippen LogP contribution is -2.49. The first-order chi connectivity index (χ1) is 31.6. The third kappa shape index (κ3) is 12.0. The number of aryl methyl sites for hydroxylation is 4. The van der Waals surface area contributed by atoms with Gasteiger partial charge >= 0.3 is 0 Å². The van der Waals surface area contributed by atoms with Crippen LogP contribution in [0.4, 0.5) is 11.4 Å². The Bertz CT molecular complexity index is 2340. The van der Waals surface area contributed by atoms with Gasteiger partial charge in [0.05, 0.1) is 25.5 Å². The minimum Gasteiger partial charge on any atom is -0.340 e. The van der Waals surface area contributed by atoms with Crippen LogP contribution in [0.25, 0.3) is 0 Å². The second-order valence-corrected chi connectivity index (χ2v) is 21.7. The van der Waals surface area contributed by atoms with Crippen molar-refractivity contribution in [1.29, 1.82) is 0 Å². The Morgan fingerprint density at radius 3 is 1.57 bits per heavy atom. The van der Waals surface area contributed by atoms with Gasteiger partial charge in [0.2, 0.25) is 17.7 Å². The third-order valence-electron chi connectivity index (χ3n) is 15.6. The lowest BCUT2D eigenvalue weighted by Gasteiger charge is -2.36. The number of benzene rings is 2. The first-order valence-corrected chi connectivity index (χ1v) is 25.2. The number of amides is 3. The smallest absolute Gasteiger partial charge is 0.230 e. The van der Waals surface area contributed by atoms with Crippen LogP contribution < -0.4 is 15.5 Å². The maximum Gasteiger partial charge on any atom is 0.230 e. The maximum absolute atomic E-state index is 13.9. The van der Waals surface area contributed by atoms with Crippen LogP contribution in [0, 0.1) is 42.9 Å². The quantitative estimate of drug-likeness (QED) is 0.188. The second kappa shape index (κ2) is 21.8. The molecule has 2 aromatic carbocycles. The number of anilines is 2. The number of nitrogens with two attached hydrogens (primary N) is 1. The van der Waals surface area contributed by atoms with Crippen molar-refractivity contribution in [2.75, 3.05) is 49.1 Å². The van der Waals surface area contributed by atoms with Gasteiger partial charge in [0, 0.05) is 105 Å². The Morgan fingerprint density at radius 2 is 1.12 bits per heavy atom. The summed E-state index contributed by atoms with van der Waals surface area (Å²) in [5.74, 6) is 2.14. The van der Waals surface area contributed by atoms with Gasteiger partial charge in [-0.1, -0.05) is 56.2 Å². The van der Waals surface area contributed by atoms with E-state index >= 15 is 0 Å². The maximum atomic E-state index is 13.9. The van der Waals surface area contributed by atoms with Crippen LogP contribution in [-0.2, 0) is 54.4 Å². The Labute approximate surface area is 406 Å². The zero-order chi connectivity index (χ0) is 46.7. The molecule has 4 aromatic rings. The minimum absolute atomic E-state index is 0. The van der Waals surface area contributed by atoms with Crippen molar-refractivity contribution in [1.82, 2.24) is 29.4 Å². The normalized spacial score (nSPS) is 21.9. The molecule has 12 nitrogen and oxygen atoms in total. The molecule has 0 radical (unpaired) electrons. The fourth-order valence-corrected chi connectivity index (χ4v) is 11.2. The predicted octanol–water partition coefficient (Wildman–Crippen LogP) is 8.69. The summed E-state index contributed by atoms with van der Waals surface area (Å²) in [5.41, 5.74) is 17.9. The molecule has 3 fully saturated rings. The Morgan fingerprint density at radius 1 is 0.657 bits per heavy atom. The van der Waals surface area contributed by atoms with E-state index in [4.69, 9.17) is 5.73 Å².